The molecule has 3 aromatic heterocycles. The van der Waals surface area contributed by atoms with E-state index >= 15 is 0 Å². The lowest BCUT2D eigenvalue weighted by atomic mass is 10.2. The lowest BCUT2D eigenvalue weighted by Crippen LogP contribution is -2.49. The molecule has 4 heterocycles. The third-order valence-electron chi connectivity index (χ3n) is 4.81. The molecule has 1 amide bonds. The molecule has 26 heavy (non-hydrogen) atoms. The van der Waals surface area contributed by atoms with Gasteiger partial charge in [0, 0.05) is 18.0 Å². The summed E-state index contributed by atoms with van der Waals surface area (Å²) < 4.78 is 0.983. The van der Waals surface area contributed by atoms with E-state index in [1.54, 1.807) is 23.7 Å². The van der Waals surface area contributed by atoms with Crippen molar-refractivity contribution in [2.75, 3.05) is 6.17 Å². The highest BCUT2D eigenvalue weighted by molar-refractivity contribution is 7.21. The lowest BCUT2D eigenvalue weighted by molar-refractivity contribution is 0.0924. The molecule has 1 saturated heterocycles. The Balaban J connectivity index is 1.47. The summed E-state index contributed by atoms with van der Waals surface area (Å²) in [6.45, 7) is 4.80. The fraction of sp³-hybridized carbons (Fsp3) is 0.389. The summed E-state index contributed by atoms with van der Waals surface area (Å²) in [5.41, 5.74) is 2.31. The van der Waals surface area contributed by atoms with Crippen LogP contribution in [0.1, 0.15) is 23.3 Å². The second kappa shape index (κ2) is 6.94. The second-order valence-electron chi connectivity index (χ2n) is 7.62. The molecule has 1 aliphatic heterocycles. The van der Waals surface area contributed by atoms with Crippen molar-refractivity contribution in [3.05, 3.63) is 36.3 Å². The Morgan fingerprint density at radius 2 is 2.31 bits per heavy atom. The monoisotopic (exact) mass is 385 g/mol. The number of carbonyl (C=O) groups excluding carboxylic acids is 1. The maximum absolute atomic E-state index is 12.6. The van der Waals surface area contributed by atoms with Crippen LogP contribution in [0.3, 0.4) is 0 Å². The van der Waals surface area contributed by atoms with Crippen molar-refractivity contribution in [1.82, 2.24) is 25.6 Å². The fourth-order valence-corrected chi connectivity index (χ4v) is 6.37. The van der Waals surface area contributed by atoms with Crippen LogP contribution in [0.4, 0.5) is 0 Å². The van der Waals surface area contributed by atoms with Gasteiger partial charge >= 0.3 is 0 Å². The number of thiazole rings is 1. The smallest absolute Gasteiger partial charge is 0.269 e. The molecule has 6 nitrogen and oxygen atoms in total. The lowest BCUT2D eigenvalue weighted by Gasteiger charge is -2.21. The Bertz CT molecular complexity index is 889. The predicted molar refractivity (Wildman–Crippen MR) is 108 cm³/mol. The zero-order valence-electron chi connectivity index (χ0n) is 15.0. The van der Waals surface area contributed by atoms with Gasteiger partial charge in [0.1, 0.15) is 16.3 Å². The summed E-state index contributed by atoms with van der Waals surface area (Å²) in [6, 6.07) is 7.08. The van der Waals surface area contributed by atoms with E-state index in [9.17, 15) is 4.79 Å². The van der Waals surface area contributed by atoms with E-state index in [1.165, 1.54) is 12.5 Å². The average molecular weight is 386 g/mol. The first kappa shape index (κ1) is 17.4. The molecule has 1 aliphatic rings. The van der Waals surface area contributed by atoms with Gasteiger partial charge in [-0.3, -0.25) is 9.78 Å². The molecule has 1 atom stereocenters. The third kappa shape index (κ3) is 3.72. The van der Waals surface area contributed by atoms with E-state index in [2.05, 4.69) is 38.7 Å². The van der Waals surface area contributed by atoms with Gasteiger partial charge in [0.25, 0.3) is 5.91 Å². The average Bonchev–Trinajstić information content (AvgIpc) is 3.14. The van der Waals surface area contributed by atoms with Gasteiger partial charge in [-0.1, -0.05) is 25.6 Å². The number of H-pyrrole nitrogens is 1. The quantitative estimate of drug-likeness (QED) is 0.604. The summed E-state index contributed by atoms with van der Waals surface area (Å²) >= 11 is 1.57. The Kier molecular flexibility index (Phi) is 4.64. The maximum Gasteiger partial charge on any atom is 0.269 e. The number of carbonyl (C=O) groups is 1. The molecule has 0 aliphatic carbocycles. The molecule has 3 N–H and O–H groups in total. The molecule has 0 saturated carbocycles. The van der Waals surface area contributed by atoms with Crippen LogP contribution >= 0.6 is 11.3 Å². The molecular weight excluding hydrogens is 362 g/mol. The van der Waals surface area contributed by atoms with Crippen LogP contribution in [0.2, 0.25) is 19.1 Å². The van der Waals surface area contributed by atoms with Crippen molar-refractivity contribution >= 4 is 35.7 Å². The minimum Gasteiger partial charge on any atom is -0.335 e. The first-order valence-electron chi connectivity index (χ1n) is 8.94. The SMILES string of the molecule is C[Si]1(C)CCCC(NC(=O)c2cc3sc(-c4cccnc4)nc3[nH]2)NC1. The largest absolute Gasteiger partial charge is 0.335 e. The van der Waals surface area contributed by atoms with Gasteiger partial charge in [0.05, 0.1) is 18.9 Å². The van der Waals surface area contributed by atoms with Crippen LogP contribution in [0.5, 0.6) is 0 Å². The van der Waals surface area contributed by atoms with E-state index in [4.69, 9.17) is 0 Å². The second-order valence-corrected chi connectivity index (χ2v) is 13.8. The molecule has 8 heteroatoms. The molecule has 136 valence electrons. The van der Waals surface area contributed by atoms with Gasteiger partial charge in [-0.25, -0.2) is 4.98 Å². The number of hydrogen-bond donors (Lipinski definition) is 3. The normalized spacial score (nSPS) is 20.0. The number of nitrogens with zero attached hydrogens (tertiary/aromatic N) is 2. The van der Waals surface area contributed by atoms with Crippen LogP contribution in [-0.2, 0) is 0 Å². The van der Waals surface area contributed by atoms with Crippen LogP contribution in [0, 0.1) is 0 Å². The van der Waals surface area contributed by atoms with Crippen LogP contribution in [-0.4, -0.2) is 41.3 Å². The first-order chi connectivity index (χ1) is 12.5. The minimum atomic E-state index is -1.15. The topological polar surface area (TPSA) is 82.7 Å². The number of hydrogen-bond acceptors (Lipinski definition) is 5. The molecule has 3 aromatic rings. The van der Waals surface area contributed by atoms with Crippen molar-refractivity contribution in [3.8, 4) is 10.6 Å². The molecule has 0 aromatic carbocycles. The molecule has 1 unspecified atom stereocenters. The summed E-state index contributed by atoms with van der Waals surface area (Å²) in [5.74, 6) is -0.0722. The minimum absolute atomic E-state index is 0.0528. The Labute approximate surface area is 157 Å². The number of aromatic amines is 1. The number of nitrogens with one attached hydrogen (secondary N) is 3. The first-order valence-corrected chi connectivity index (χ1v) is 13.2. The Morgan fingerprint density at radius 3 is 3.08 bits per heavy atom. The summed E-state index contributed by atoms with van der Waals surface area (Å²) in [7, 11) is -1.15. The zero-order chi connectivity index (χ0) is 18.1. The van der Waals surface area contributed by atoms with E-state index in [0.29, 0.717) is 5.69 Å². The third-order valence-corrected chi connectivity index (χ3v) is 8.73. The molecule has 1 fully saturated rings. The van der Waals surface area contributed by atoms with E-state index < -0.39 is 8.07 Å². The molecular formula is C18H23N5OSSi. The highest BCUT2D eigenvalue weighted by Crippen LogP contribution is 2.30. The van der Waals surface area contributed by atoms with Gasteiger partial charge in [-0.2, -0.15) is 0 Å². The van der Waals surface area contributed by atoms with Gasteiger partial charge in [-0.15, -0.1) is 11.3 Å². The van der Waals surface area contributed by atoms with Gasteiger partial charge in [-0.05, 0) is 30.8 Å². The number of rotatable bonds is 3. The highest BCUT2D eigenvalue weighted by Gasteiger charge is 2.26. The van der Waals surface area contributed by atoms with Crippen molar-refractivity contribution in [2.45, 2.75) is 38.1 Å². The molecule has 0 radical (unpaired) electrons. The van der Waals surface area contributed by atoms with Crippen molar-refractivity contribution in [3.63, 3.8) is 0 Å². The molecule has 0 spiro atoms. The highest BCUT2D eigenvalue weighted by atomic mass is 32.1. The molecule has 4 rings (SSSR count). The Morgan fingerprint density at radius 1 is 1.42 bits per heavy atom. The summed E-state index contributed by atoms with van der Waals surface area (Å²) in [6.07, 6.45) is 6.81. The van der Waals surface area contributed by atoms with Gasteiger partial charge < -0.3 is 15.6 Å². The summed E-state index contributed by atoms with van der Waals surface area (Å²) in [4.78, 5) is 24.5. The fourth-order valence-electron chi connectivity index (χ4n) is 3.28. The number of pyridine rings is 1. The number of aromatic nitrogens is 3. The van der Waals surface area contributed by atoms with Crippen LogP contribution in [0.25, 0.3) is 20.9 Å². The van der Waals surface area contributed by atoms with E-state index in [-0.39, 0.29) is 12.1 Å². The van der Waals surface area contributed by atoms with Crippen molar-refractivity contribution < 1.29 is 4.79 Å². The number of amides is 1. The predicted octanol–water partition coefficient (Wildman–Crippen LogP) is 3.37. The summed E-state index contributed by atoms with van der Waals surface area (Å²) in [5, 5.41) is 7.55. The van der Waals surface area contributed by atoms with Crippen LogP contribution in [0.15, 0.2) is 30.6 Å². The standard InChI is InChI=1S/C18H23N5OSSi/c1-26(2)8-4-6-15(20-11-26)22-17(24)13-9-14-16(21-13)23-18(25-14)12-5-3-7-19-10-12/h3,5,7,9-10,15,20-21H,4,6,8,11H2,1-2H3,(H,22,24). The Hall–Kier alpha value is -2.03. The maximum atomic E-state index is 12.6. The van der Waals surface area contributed by atoms with E-state index in [0.717, 1.165) is 33.5 Å². The van der Waals surface area contributed by atoms with Crippen LogP contribution < -0.4 is 10.6 Å². The van der Waals surface area contributed by atoms with Gasteiger partial charge in [0.2, 0.25) is 0 Å². The number of fused-ring (bicyclic) bond motifs is 1. The van der Waals surface area contributed by atoms with Gasteiger partial charge in [0.15, 0.2) is 0 Å². The van der Waals surface area contributed by atoms with Crippen molar-refractivity contribution in [2.24, 2.45) is 0 Å². The zero-order valence-corrected chi connectivity index (χ0v) is 16.8. The van der Waals surface area contributed by atoms with E-state index in [1.807, 2.05) is 18.2 Å². The van der Waals surface area contributed by atoms with Crippen molar-refractivity contribution in [1.29, 1.82) is 0 Å². The molecule has 0 bridgehead atoms.